The third-order valence-corrected chi connectivity index (χ3v) is 6.36. The molecule has 1 saturated heterocycles. The van der Waals surface area contributed by atoms with Crippen LogP contribution in [0.3, 0.4) is 0 Å². The number of thiazole rings is 1. The molecule has 30 heavy (non-hydrogen) atoms. The lowest BCUT2D eigenvalue weighted by Crippen LogP contribution is -2.49. The van der Waals surface area contributed by atoms with Gasteiger partial charge in [0.25, 0.3) is 5.91 Å². The number of hydrogen-bond donors (Lipinski definition) is 0. The number of piperazine rings is 1. The largest absolute Gasteiger partial charge is 0.491 e. The van der Waals surface area contributed by atoms with Crippen LogP contribution in [-0.4, -0.2) is 70.0 Å². The lowest BCUT2D eigenvalue weighted by molar-refractivity contribution is 0.0624. The monoisotopic (exact) mass is 443 g/mol. The van der Waals surface area contributed by atoms with Crippen LogP contribution in [0.15, 0.2) is 42.7 Å². The molecule has 3 heterocycles. The van der Waals surface area contributed by atoms with Gasteiger partial charge in [-0.3, -0.25) is 9.69 Å². The van der Waals surface area contributed by atoms with Gasteiger partial charge in [-0.25, -0.2) is 15.0 Å². The van der Waals surface area contributed by atoms with Crippen molar-refractivity contribution in [2.24, 2.45) is 0 Å². The quantitative estimate of drug-likeness (QED) is 0.581. The highest BCUT2D eigenvalue weighted by Gasteiger charge is 2.26. The molecule has 4 rings (SSSR count). The number of benzene rings is 1. The Hall–Kier alpha value is -2.55. The Balaban J connectivity index is 1.29. The van der Waals surface area contributed by atoms with Gasteiger partial charge < -0.3 is 9.64 Å². The van der Waals surface area contributed by atoms with E-state index in [-0.39, 0.29) is 5.91 Å². The predicted octanol–water partition coefficient (Wildman–Crippen LogP) is 3.40. The molecular weight excluding hydrogens is 422 g/mol. The zero-order valence-electron chi connectivity index (χ0n) is 16.6. The van der Waals surface area contributed by atoms with Crippen LogP contribution < -0.4 is 4.74 Å². The first-order valence-electron chi connectivity index (χ1n) is 9.75. The van der Waals surface area contributed by atoms with Crippen LogP contribution in [0.2, 0.25) is 5.02 Å². The summed E-state index contributed by atoms with van der Waals surface area (Å²) in [4.78, 5) is 30.8. The molecule has 0 spiro atoms. The van der Waals surface area contributed by atoms with E-state index >= 15 is 0 Å². The molecule has 7 nitrogen and oxygen atoms in total. The van der Waals surface area contributed by atoms with Gasteiger partial charge in [0.2, 0.25) is 0 Å². The SMILES string of the molecule is Cc1nc(-c2ncccn2)sc1C(=O)N1CCN(CCOc2ccccc2Cl)CC1. The zero-order chi connectivity index (χ0) is 20.9. The molecule has 0 aliphatic carbocycles. The fourth-order valence-electron chi connectivity index (χ4n) is 3.26. The summed E-state index contributed by atoms with van der Waals surface area (Å²) in [7, 11) is 0. The summed E-state index contributed by atoms with van der Waals surface area (Å²) in [5.74, 6) is 1.28. The molecule has 1 aromatic carbocycles. The van der Waals surface area contributed by atoms with Crippen LogP contribution in [0.4, 0.5) is 0 Å². The second-order valence-corrected chi connectivity index (χ2v) is 8.32. The first-order valence-corrected chi connectivity index (χ1v) is 10.9. The molecule has 9 heteroatoms. The molecule has 0 bridgehead atoms. The summed E-state index contributed by atoms with van der Waals surface area (Å²) in [6.07, 6.45) is 3.35. The molecule has 1 aliphatic heterocycles. The van der Waals surface area contributed by atoms with Crippen molar-refractivity contribution < 1.29 is 9.53 Å². The van der Waals surface area contributed by atoms with Crippen molar-refractivity contribution in [3.05, 3.63) is 58.3 Å². The first-order chi connectivity index (χ1) is 14.6. The molecule has 156 valence electrons. The van der Waals surface area contributed by atoms with Crippen molar-refractivity contribution in [3.63, 3.8) is 0 Å². The summed E-state index contributed by atoms with van der Waals surface area (Å²) < 4.78 is 5.77. The number of halogens is 1. The number of nitrogens with zero attached hydrogens (tertiary/aromatic N) is 5. The lowest BCUT2D eigenvalue weighted by atomic mass is 10.2. The molecule has 0 unspecified atom stereocenters. The average molecular weight is 444 g/mol. The number of amides is 1. The second kappa shape index (κ2) is 9.51. The summed E-state index contributed by atoms with van der Waals surface area (Å²) in [5.41, 5.74) is 0.725. The van der Waals surface area contributed by atoms with E-state index < -0.39 is 0 Å². The Morgan fingerprint density at radius 2 is 1.87 bits per heavy atom. The summed E-state index contributed by atoms with van der Waals surface area (Å²) in [6.45, 7) is 6.19. The standard InChI is InChI=1S/C21H22ClN5O2S/c1-15-18(30-20(25-15)19-23-7-4-8-24-19)21(28)27-11-9-26(10-12-27)13-14-29-17-6-3-2-5-16(17)22/h2-8H,9-14H2,1H3. The third-order valence-electron chi connectivity index (χ3n) is 4.91. The van der Waals surface area contributed by atoms with Crippen LogP contribution in [0, 0.1) is 6.92 Å². The summed E-state index contributed by atoms with van der Waals surface area (Å²) >= 11 is 7.47. The van der Waals surface area contributed by atoms with Crippen molar-refractivity contribution in [1.29, 1.82) is 0 Å². The maximum absolute atomic E-state index is 13.0. The van der Waals surface area contributed by atoms with E-state index in [0.717, 1.165) is 25.3 Å². The van der Waals surface area contributed by atoms with Crippen LogP contribution in [0.25, 0.3) is 10.8 Å². The van der Waals surface area contributed by atoms with Crippen LogP contribution in [0.5, 0.6) is 5.75 Å². The van der Waals surface area contributed by atoms with Gasteiger partial charge in [-0.15, -0.1) is 11.3 Å². The number of para-hydroxylation sites is 1. The molecule has 2 aromatic heterocycles. The van der Waals surface area contributed by atoms with Gasteiger partial charge in [-0.05, 0) is 25.1 Å². The normalized spacial score (nSPS) is 14.7. The maximum Gasteiger partial charge on any atom is 0.265 e. The minimum atomic E-state index is 0.0270. The first kappa shape index (κ1) is 20.7. The highest BCUT2D eigenvalue weighted by Crippen LogP contribution is 2.27. The van der Waals surface area contributed by atoms with Gasteiger partial charge in [0.15, 0.2) is 10.8 Å². The zero-order valence-corrected chi connectivity index (χ0v) is 18.2. The Morgan fingerprint density at radius 1 is 1.13 bits per heavy atom. The average Bonchev–Trinajstić information content (AvgIpc) is 3.17. The Kier molecular flexibility index (Phi) is 6.56. The number of carbonyl (C=O) groups excluding carboxylic acids is 1. The van der Waals surface area contributed by atoms with Crippen molar-refractivity contribution in [1.82, 2.24) is 24.8 Å². The van der Waals surface area contributed by atoms with Gasteiger partial charge in [0.1, 0.15) is 17.2 Å². The van der Waals surface area contributed by atoms with Crippen molar-refractivity contribution in [3.8, 4) is 16.6 Å². The highest BCUT2D eigenvalue weighted by atomic mass is 35.5. The second-order valence-electron chi connectivity index (χ2n) is 6.92. The molecule has 1 fully saturated rings. The Bertz CT molecular complexity index is 1010. The van der Waals surface area contributed by atoms with Gasteiger partial charge >= 0.3 is 0 Å². The number of carbonyl (C=O) groups is 1. The van der Waals surface area contributed by atoms with E-state index in [4.69, 9.17) is 16.3 Å². The minimum Gasteiger partial charge on any atom is -0.491 e. The molecule has 1 amide bonds. The van der Waals surface area contributed by atoms with Crippen LogP contribution in [-0.2, 0) is 0 Å². The number of aromatic nitrogens is 3. The Morgan fingerprint density at radius 3 is 2.60 bits per heavy atom. The number of ether oxygens (including phenoxy) is 1. The molecule has 0 saturated carbocycles. The molecular formula is C21H22ClN5O2S. The van der Waals surface area contributed by atoms with Gasteiger partial charge in [0, 0.05) is 45.1 Å². The van der Waals surface area contributed by atoms with Crippen molar-refractivity contribution >= 4 is 28.8 Å². The third kappa shape index (κ3) is 4.77. The molecule has 0 atom stereocenters. The van der Waals surface area contributed by atoms with Gasteiger partial charge in [-0.2, -0.15) is 0 Å². The van der Waals surface area contributed by atoms with Crippen LogP contribution in [0.1, 0.15) is 15.4 Å². The fraction of sp³-hybridized carbons (Fsp3) is 0.333. The minimum absolute atomic E-state index is 0.0270. The van der Waals surface area contributed by atoms with E-state index in [1.807, 2.05) is 36.1 Å². The smallest absolute Gasteiger partial charge is 0.265 e. The summed E-state index contributed by atoms with van der Waals surface area (Å²) in [6, 6.07) is 9.23. The van der Waals surface area contributed by atoms with Crippen molar-refractivity contribution in [2.45, 2.75) is 6.92 Å². The van der Waals surface area contributed by atoms with Crippen LogP contribution >= 0.6 is 22.9 Å². The van der Waals surface area contributed by atoms with Gasteiger partial charge in [0.05, 0.1) is 10.7 Å². The fourth-order valence-corrected chi connectivity index (χ4v) is 4.44. The van der Waals surface area contributed by atoms with Gasteiger partial charge in [-0.1, -0.05) is 23.7 Å². The van der Waals surface area contributed by atoms with Crippen molar-refractivity contribution in [2.75, 3.05) is 39.3 Å². The van der Waals surface area contributed by atoms with E-state index in [2.05, 4.69) is 19.9 Å². The lowest BCUT2D eigenvalue weighted by Gasteiger charge is -2.34. The van der Waals surface area contributed by atoms with E-state index in [1.165, 1.54) is 11.3 Å². The molecule has 0 radical (unpaired) electrons. The number of rotatable bonds is 6. The van der Waals surface area contributed by atoms with E-state index in [9.17, 15) is 4.79 Å². The number of aryl methyl sites for hydroxylation is 1. The summed E-state index contributed by atoms with van der Waals surface area (Å²) in [5, 5.41) is 1.29. The molecule has 0 N–H and O–H groups in total. The maximum atomic E-state index is 13.0. The topological polar surface area (TPSA) is 71.5 Å². The van der Waals surface area contributed by atoms with E-state index in [1.54, 1.807) is 18.5 Å². The molecule has 1 aliphatic rings. The molecule has 3 aromatic rings. The highest BCUT2D eigenvalue weighted by molar-refractivity contribution is 7.17. The predicted molar refractivity (Wildman–Crippen MR) is 117 cm³/mol. The van der Waals surface area contributed by atoms with E-state index in [0.29, 0.717) is 46.2 Å². The Labute approximate surface area is 184 Å². The number of hydrogen-bond acceptors (Lipinski definition) is 7.